The molecule has 0 aliphatic heterocycles. The van der Waals surface area contributed by atoms with Crippen molar-refractivity contribution in [2.45, 2.75) is 5.06 Å². The first-order valence-electron chi connectivity index (χ1n) is 1.74. The Morgan fingerprint density at radius 1 is 1.78 bits per heavy atom. The van der Waals surface area contributed by atoms with Gasteiger partial charge in [-0.25, -0.2) is 0 Å². The zero-order chi connectivity index (χ0) is 6.78. The van der Waals surface area contributed by atoms with Crippen molar-refractivity contribution in [3.63, 3.8) is 0 Å². The third-order valence-corrected chi connectivity index (χ3v) is 0.796. The van der Waals surface area contributed by atoms with Crippen LogP contribution in [0.2, 0.25) is 0 Å². The van der Waals surface area contributed by atoms with E-state index in [1.165, 1.54) is 0 Å². The molecule has 2 N–H and O–H groups in total. The molecule has 0 saturated carbocycles. The van der Waals surface area contributed by atoms with Crippen molar-refractivity contribution >= 4 is 17.6 Å². The molecule has 0 aromatic rings. The number of carboxylic acids is 1. The number of aliphatic hydroxyl groups excluding tert-OH is 1. The minimum absolute atomic E-state index is 0. The van der Waals surface area contributed by atoms with Gasteiger partial charge in [0, 0.05) is 0 Å². The van der Waals surface area contributed by atoms with E-state index in [1.54, 1.807) is 0 Å². The van der Waals surface area contributed by atoms with Gasteiger partial charge >= 0.3 is 29.6 Å². The predicted octanol–water partition coefficient (Wildman–Crippen LogP) is -5.34. The van der Waals surface area contributed by atoms with Crippen molar-refractivity contribution in [3.05, 3.63) is 0 Å². The Labute approximate surface area is 78.7 Å². The number of carbonyl (C=O) groups is 1. The number of aliphatic carboxylic acids is 1. The fraction of sp³-hybridized carbons (Fsp3) is 0.667. The maximum Gasteiger partial charge on any atom is 1.00 e. The Hall–Kier alpha value is 0.680. The topological polar surface area (TPSA) is 80.6 Å². The first kappa shape index (κ1) is 12.4. The van der Waals surface area contributed by atoms with Gasteiger partial charge < -0.3 is 20.1 Å². The molecule has 4 nitrogen and oxygen atoms in total. The average Bonchev–Trinajstić information content (AvgIpc) is 1.67. The van der Waals surface area contributed by atoms with Crippen LogP contribution in [0.25, 0.3) is 0 Å². The summed E-state index contributed by atoms with van der Waals surface area (Å²) >= 11 is 4.70. The molecule has 0 aliphatic carbocycles. The second kappa shape index (κ2) is 4.49. The molecule has 0 aliphatic rings. The molecular formula is C3H4ClNaO4. The van der Waals surface area contributed by atoms with Crippen molar-refractivity contribution in [1.82, 2.24) is 0 Å². The Morgan fingerprint density at radius 3 is 2.11 bits per heavy atom. The summed E-state index contributed by atoms with van der Waals surface area (Å²) in [5, 5.41) is 23.2. The van der Waals surface area contributed by atoms with Crippen molar-refractivity contribution in [3.8, 4) is 0 Å². The minimum atomic E-state index is -2.62. The number of alkyl halides is 1. The number of carbonyl (C=O) groups excluding carboxylic acids is 1. The smallest absolute Gasteiger partial charge is 0.546 e. The van der Waals surface area contributed by atoms with Gasteiger partial charge in [0.1, 0.15) is 0 Å². The van der Waals surface area contributed by atoms with E-state index in [2.05, 4.69) is 0 Å². The Morgan fingerprint density at radius 2 is 2.11 bits per heavy atom. The van der Waals surface area contributed by atoms with E-state index in [9.17, 15) is 9.90 Å². The van der Waals surface area contributed by atoms with Gasteiger partial charge in [-0.2, -0.15) is 0 Å². The normalized spacial score (nSPS) is 15.4. The molecule has 0 spiro atoms. The molecule has 0 radical (unpaired) electrons. The van der Waals surface area contributed by atoms with Crippen LogP contribution in [0.15, 0.2) is 0 Å². The maximum absolute atomic E-state index is 9.60. The Kier molecular flexibility index (Phi) is 6.17. The van der Waals surface area contributed by atoms with Crippen LogP contribution in [0.4, 0.5) is 0 Å². The molecule has 0 amide bonds. The molecule has 0 heterocycles. The van der Waals surface area contributed by atoms with Gasteiger partial charge in [0.05, 0.1) is 12.6 Å². The van der Waals surface area contributed by atoms with Gasteiger partial charge in [-0.3, -0.25) is 0 Å². The fourth-order valence-electron chi connectivity index (χ4n) is 0.0645. The zero-order valence-electron chi connectivity index (χ0n) is 4.80. The van der Waals surface area contributed by atoms with Crippen LogP contribution in [0, 0.1) is 0 Å². The van der Waals surface area contributed by atoms with E-state index in [1.807, 2.05) is 0 Å². The van der Waals surface area contributed by atoms with Crippen LogP contribution < -0.4 is 34.7 Å². The summed E-state index contributed by atoms with van der Waals surface area (Å²) in [7, 11) is 0. The minimum Gasteiger partial charge on any atom is -0.546 e. The monoisotopic (exact) mass is 162 g/mol. The summed E-state index contributed by atoms with van der Waals surface area (Å²) in [6.07, 6.45) is 0. The van der Waals surface area contributed by atoms with E-state index in [4.69, 9.17) is 21.8 Å². The Bertz CT molecular complexity index is 104. The molecule has 0 saturated heterocycles. The number of carboxylic acid groups (broad SMARTS) is 1. The van der Waals surface area contributed by atoms with Crippen molar-refractivity contribution in [1.29, 1.82) is 0 Å². The summed E-state index contributed by atoms with van der Waals surface area (Å²) < 4.78 is 0. The molecule has 0 aromatic carbocycles. The van der Waals surface area contributed by atoms with Crippen LogP contribution in [-0.4, -0.2) is 27.8 Å². The third-order valence-electron chi connectivity index (χ3n) is 0.522. The van der Waals surface area contributed by atoms with Crippen LogP contribution in [0.1, 0.15) is 0 Å². The second-order valence-corrected chi connectivity index (χ2v) is 1.83. The Balaban J connectivity index is 0. The molecule has 48 valence electrons. The van der Waals surface area contributed by atoms with Crippen LogP contribution in [-0.2, 0) is 4.79 Å². The van der Waals surface area contributed by atoms with E-state index < -0.39 is 17.6 Å². The number of hydrogen-bond donors (Lipinski definition) is 2. The van der Waals surface area contributed by atoms with Crippen molar-refractivity contribution < 1.29 is 49.7 Å². The summed E-state index contributed by atoms with van der Waals surface area (Å²) in [4.78, 5) is 9.60. The van der Waals surface area contributed by atoms with Crippen molar-refractivity contribution in [2.75, 3.05) is 6.61 Å². The summed E-state index contributed by atoms with van der Waals surface area (Å²) in [5.74, 6) is -1.90. The van der Waals surface area contributed by atoms with E-state index >= 15 is 0 Å². The first-order chi connectivity index (χ1) is 3.50. The summed E-state index contributed by atoms with van der Waals surface area (Å²) in [5.41, 5.74) is 0. The van der Waals surface area contributed by atoms with Gasteiger partial charge in [0.2, 0.25) is 5.06 Å². The quantitative estimate of drug-likeness (QED) is 0.314. The number of aliphatic hydroxyl groups is 2. The fourth-order valence-corrected chi connectivity index (χ4v) is 0.0645. The van der Waals surface area contributed by atoms with Crippen molar-refractivity contribution in [2.24, 2.45) is 0 Å². The van der Waals surface area contributed by atoms with E-state index in [-0.39, 0.29) is 29.6 Å². The van der Waals surface area contributed by atoms with Gasteiger partial charge in [-0.05, 0) is 0 Å². The average molecular weight is 163 g/mol. The number of rotatable bonds is 2. The van der Waals surface area contributed by atoms with Crippen LogP contribution >= 0.6 is 11.6 Å². The predicted molar refractivity (Wildman–Crippen MR) is 22.9 cm³/mol. The summed E-state index contributed by atoms with van der Waals surface area (Å²) in [6.45, 7) is -1.06. The number of halogens is 1. The van der Waals surface area contributed by atoms with Gasteiger partial charge in [0.15, 0.2) is 0 Å². The first-order valence-corrected chi connectivity index (χ1v) is 2.12. The standard InChI is InChI=1S/C3H5ClO4.Na/c4-3(8,1-5)2(6)7;/h5,8H,1H2,(H,6,7);/q;+1/p-1. The molecule has 0 rings (SSSR count). The largest absolute Gasteiger partial charge is 1.00 e. The molecule has 0 aromatic heterocycles. The van der Waals surface area contributed by atoms with Gasteiger partial charge in [0.25, 0.3) is 0 Å². The molecule has 0 fully saturated rings. The van der Waals surface area contributed by atoms with Gasteiger partial charge in [-0.1, -0.05) is 11.6 Å². The SMILES string of the molecule is O=C([O-])C(O)(Cl)CO.[Na+]. The molecular weight excluding hydrogens is 158 g/mol. The second-order valence-electron chi connectivity index (χ2n) is 1.20. The molecule has 0 bridgehead atoms. The maximum atomic E-state index is 9.60. The van der Waals surface area contributed by atoms with Crippen LogP contribution in [0.3, 0.4) is 0 Å². The molecule has 9 heavy (non-hydrogen) atoms. The zero-order valence-corrected chi connectivity index (χ0v) is 7.55. The molecule has 1 unspecified atom stereocenters. The summed E-state index contributed by atoms with van der Waals surface area (Å²) in [6, 6.07) is 0. The van der Waals surface area contributed by atoms with E-state index in [0.717, 1.165) is 0 Å². The molecule has 1 atom stereocenters. The van der Waals surface area contributed by atoms with Gasteiger partial charge in [-0.15, -0.1) is 0 Å². The third kappa shape index (κ3) is 4.13. The molecule has 6 heteroatoms. The van der Waals surface area contributed by atoms with Crippen LogP contribution in [0.5, 0.6) is 0 Å². The van der Waals surface area contributed by atoms with E-state index in [0.29, 0.717) is 0 Å². The number of hydrogen-bond acceptors (Lipinski definition) is 4.